The van der Waals surface area contributed by atoms with E-state index >= 15 is 0 Å². The number of hydrogen-bond acceptors (Lipinski definition) is 5. The van der Waals surface area contributed by atoms with E-state index in [4.69, 9.17) is 0 Å². The number of carbonyl (C=O) groups excluding carboxylic acids is 1. The van der Waals surface area contributed by atoms with Crippen molar-refractivity contribution in [1.82, 2.24) is 20.2 Å². The molecule has 0 bridgehead atoms. The molecule has 0 aliphatic rings. The van der Waals surface area contributed by atoms with E-state index in [1.54, 1.807) is 13.1 Å². The molecule has 0 saturated heterocycles. The van der Waals surface area contributed by atoms with Crippen LogP contribution in [-0.2, 0) is 7.05 Å². The lowest BCUT2D eigenvalue weighted by molar-refractivity contribution is 0.112. The molecular formula is C9H7FN4OS. The molecule has 16 heavy (non-hydrogen) atoms. The van der Waals surface area contributed by atoms with Gasteiger partial charge in [-0.3, -0.25) is 4.79 Å². The Morgan fingerprint density at radius 1 is 1.50 bits per heavy atom. The second-order valence-corrected chi connectivity index (χ2v) is 4.00. The second-order valence-electron chi connectivity index (χ2n) is 2.99. The molecule has 0 spiro atoms. The number of hydrogen-bond donors (Lipinski definition) is 0. The van der Waals surface area contributed by atoms with Crippen LogP contribution in [0.3, 0.4) is 0 Å². The van der Waals surface area contributed by atoms with Crippen LogP contribution in [-0.4, -0.2) is 26.5 Å². The number of benzene rings is 1. The van der Waals surface area contributed by atoms with Crippen molar-refractivity contribution in [3.05, 3.63) is 29.6 Å². The van der Waals surface area contributed by atoms with Crippen molar-refractivity contribution >= 4 is 18.0 Å². The van der Waals surface area contributed by atoms with Crippen molar-refractivity contribution in [1.29, 1.82) is 0 Å². The molecule has 0 atom stereocenters. The first-order valence-corrected chi connectivity index (χ1v) is 5.17. The van der Waals surface area contributed by atoms with Crippen LogP contribution in [0.25, 0.3) is 0 Å². The highest BCUT2D eigenvalue weighted by atomic mass is 32.2. The van der Waals surface area contributed by atoms with Gasteiger partial charge in [0, 0.05) is 12.6 Å². The quantitative estimate of drug-likeness (QED) is 0.754. The molecule has 1 heterocycles. The number of carbonyl (C=O) groups is 1. The van der Waals surface area contributed by atoms with E-state index in [9.17, 15) is 9.18 Å². The van der Waals surface area contributed by atoms with Gasteiger partial charge in [-0.2, -0.15) is 0 Å². The number of aryl methyl sites for hydroxylation is 1. The molecule has 0 amide bonds. The van der Waals surface area contributed by atoms with Gasteiger partial charge in [-0.25, -0.2) is 9.07 Å². The highest BCUT2D eigenvalue weighted by molar-refractivity contribution is 7.99. The fourth-order valence-corrected chi connectivity index (χ4v) is 1.81. The van der Waals surface area contributed by atoms with Gasteiger partial charge < -0.3 is 0 Å². The van der Waals surface area contributed by atoms with Gasteiger partial charge in [0.05, 0.1) is 4.90 Å². The van der Waals surface area contributed by atoms with E-state index in [1.165, 1.54) is 16.8 Å². The SMILES string of the molecule is Cn1nnnc1Sc1ccc(C=O)cc1F. The van der Waals surface area contributed by atoms with Crippen LogP contribution >= 0.6 is 11.8 Å². The van der Waals surface area contributed by atoms with E-state index in [1.807, 2.05) is 0 Å². The highest BCUT2D eigenvalue weighted by Gasteiger charge is 2.09. The number of tetrazole rings is 1. The highest BCUT2D eigenvalue weighted by Crippen LogP contribution is 2.27. The summed E-state index contributed by atoms with van der Waals surface area (Å²) in [5.74, 6) is -0.461. The average molecular weight is 238 g/mol. The Labute approximate surface area is 94.7 Å². The van der Waals surface area contributed by atoms with Gasteiger partial charge in [-0.15, -0.1) is 5.10 Å². The van der Waals surface area contributed by atoms with Crippen LogP contribution in [0.2, 0.25) is 0 Å². The van der Waals surface area contributed by atoms with Crippen molar-refractivity contribution in [2.75, 3.05) is 0 Å². The number of halogens is 1. The zero-order valence-electron chi connectivity index (χ0n) is 8.29. The molecule has 0 fully saturated rings. The van der Waals surface area contributed by atoms with E-state index in [-0.39, 0.29) is 0 Å². The first-order valence-electron chi connectivity index (χ1n) is 4.35. The van der Waals surface area contributed by atoms with Crippen molar-refractivity contribution < 1.29 is 9.18 Å². The minimum Gasteiger partial charge on any atom is -0.298 e. The van der Waals surface area contributed by atoms with Crippen LogP contribution < -0.4 is 0 Å². The Morgan fingerprint density at radius 3 is 2.88 bits per heavy atom. The van der Waals surface area contributed by atoms with Crippen LogP contribution in [0, 0.1) is 5.82 Å². The Kier molecular flexibility index (Phi) is 2.95. The zero-order valence-corrected chi connectivity index (χ0v) is 9.11. The molecule has 0 N–H and O–H groups in total. The molecule has 1 aromatic heterocycles. The van der Waals surface area contributed by atoms with Gasteiger partial charge in [-0.05, 0) is 34.3 Å². The molecule has 0 aliphatic heterocycles. The summed E-state index contributed by atoms with van der Waals surface area (Å²) in [6.45, 7) is 0. The number of aromatic nitrogens is 4. The number of nitrogens with zero attached hydrogens (tertiary/aromatic N) is 4. The van der Waals surface area contributed by atoms with E-state index in [2.05, 4.69) is 15.5 Å². The summed E-state index contributed by atoms with van der Waals surface area (Å²) in [5.41, 5.74) is 0.304. The Morgan fingerprint density at radius 2 is 2.31 bits per heavy atom. The van der Waals surface area contributed by atoms with Gasteiger partial charge in [0.15, 0.2) is 0 Å². The minimum absolute atomic E-state index is 0.304. The smallest absolute Gasteiger partial charge is 0.213 e. The van der Waals surface area contributed by atoms with Crippen LogP contribution in [0.4, 0.5) is 4.39 Å². The first-order chi connectivity index (χ1) is 7.70. The van der Waals surface area contributed by atoms with E-state index in [0.717, 1.165) is 11.8 Å². The summed E-state index contributed by atoms with van der Waals surface area (Å²) < 4.78 is 14.9. The lowest BCUT2D eigenvalue weighted by Gasteiger charge is -2.01. The number of aldehydes is 1. The summed E-state index contributed by atoms with van der Waals surface area (Å²) in [6, 6.07) is 4.25. The monoisotopic (exact) mass is 238 g/mol. The predicted octanol–water partition coefficient (Wildman–Crippen LogP) is 1.31. The molecule has 0 radical (unpaired) electrons. The maximum atomic E-state index is 13.5. The third kappa shape index (κ3) is 2.08. The van der Waals surface area contributed by atoms with Crippen LogP contribution in [0.5, 0.6) is 0 Å². The summed E-state index contributed by atoms with van der Waals surface area (Å²) in [4.78, 5) is 10.8. The van der Waals surface area contributed by atoms with Gasteiger partial charge in [0.25, 0.3) is 0 Å². The van der Waals surface area contributed by atoms with Crippen molar-refractivity contribution in [2.45, 2.75) is 10.1 Å². The van der Waals surface area contributed by atoms with Crippen molar-refractivity contribution in [3.8, 4) is 0 Å². The van der Waals surface area contributed by atoms with Gasteiger partial charge in [-0.1, -0.05) is 6.07 Å². The molecule has 7 heteroatoms. The van der Waals surface area contributed by atoms with Crippen molar-refractivity contribution in [2.24, 2.45) is 7.05 Å². The maximum absolute atomic E-state index is 13.5. The average Bonchev–Trinajstić information content (AvgIpc) is 2.67. The lowest BCUT2D eigenvalue weighted by Crippen LogP contribution is -1.93. The third-order valence-corrected chi connectivity index (χ3v) is 2.95. The fraction of sp³-hybridized carbons (Fsp3) is 0.111. The maximum Gasteiger partial charge on any atom is 0.213 e. The molecule has 0 aliphatic carbocycles. The van der Waals surface area contributed by atoms with Crippen LogP contribution in [0.1, 0.15) is 10.4 Å². The third-order valence-electron chi connectivity index (χ3n) is 1.87. The van der Waals surface area contributed by atoms with E-state index < -0.39 is 5.82 Å². The van der Waals surface area contributed by atoms with Gasteiger partial charge in [0.1, 0.15) is 12.1 Å². The summed E-state index contributed by atoms with van der Waals surface area (Å²) in [7, 11) is 1.67. The van der Waals surface area contributed by atoms with Crippen LogP contribution in [0.15, 0.2) is 28.3 Å². The van der Waals surface area contributed by atoms with E-state index in [0.29, 0.717) is 21.9 Å². The Bertz CT molecular complexity index is 528. The molecular weight excluding hydrogens is 231 g/mol. The minimum atomic E-state index is -0.461. The molecule has 0 saturated carbocycles. The molecule has 2 aromatic rings. The second kappa shape index (κ2) is 4.40. The first kappa shape index (κ1) is 10.7. The topological polar surface area (TPSA) is 60.7 Å². The zero-order chi connectivity index (χ0) is 11.5. The summed E-state index contributed by atoms with van der Waals surface area (Å²) >= 11 is 1.10. The molecule has 1 aromatic carbocycles. The summed E-state index contributed by atoms with van der Waals surface area (Å²) in [6.07, 6.45) is 0.599. The fourth-order valence-electron chi connectivity index (χ4n) is 1.08. The van der Waals surface area contributed by atoms with Gasteiger partial charge in [0.2, 0.25) is 5.16 Å². The van der Waals surface area contributed by atoms with Crippen molar-refractivity contribution in [3.63, 3.8) is 0 Å². The predicted molar refractivity (Wildman–Crippen MR) is 54.7 cm³/mol. The molecule has 0 unspecified atom stereocenters. The largest absolute Gasteiger partial charge is 0.298 e. The number of rotatable bonds is 3. The van der Waals surface area contributed by atoms with Gasteiger partial charge >= 0.3 is 0 Å². The Balaban J connectivity index is 2.29. The lowest BCUT2D eigenvalue weighted by atomic mass is 10.2. The standard InChI is InChI=1S/C9H7FN4OS/c1-14-9(11-12-13-14)16-8-3-2-6(5-15)4-7(8)10/h2-5H,1H3. The summed E-state index contributed by atoms with van der Waals surface area (Å²) in [5, 5.41) is 11.3. The molecule has 5 nitrogen and oxygen atoms in total. The normalized spacial score (nSPS) is 10.4. The molecule has 82 valence electrons. The molecule has 2 rings (SSSR count). The Hall–Kier alpha value is -1.76.